The average molecular weight is 178 g/mol. The molecule has 2 N–H and O–H groups in total. The molecule has 70 valence electrons. The van der Waals surface area contributed by atoms with E-state index in [-0.39, 0.29) is 0 Å². The van der Waals surface area contributed by atoms with Crippen molar-refractivity contribution in [1.82, 2.24) is 10.3 Å². The topological polar surface area (TPSA) is 45.1 Å². The lowest BCUT2D eigenvalue weighted by Crippen LogP contribution is -2.22. The van der Waals surface area contributed by atoms with Gasteiger partial charge in [0.05, 0.1) is 6.10 Å². The van der Waals surface area contributed by atoms with E-state index in [9.17, 15) is 5.11 Å². The summed E-state index contributed by atoms with van der Waals surface area (Å²) in [6.07, 6.45) is 4.04. The summed E-state index contributed by atoms with van der Waals surface area (Å²) in [5, 5.41) is 12.8. The molecule has 0 aliphatic rings. The van der Waals surface area contributed by atoms with Crippen molar-refractivity contribution in [3.05, 3.63) is 30.1 Å². The maximum Gasteiger partial charge on any atom is 0.102 e. The fraction of sp³-hybridized carbons (Fsp3) is 0.444. The Balaban J connectivity index is 2.35. The number of nitrogens with one attached hydrogen (secondary N) is 1. The second-order valence-corrected chi connectivity index (χ2v) is 3.01. The van der Waals surface area contributed by atoms with Gasteiger partial charge in [-0.3, -0.25) is 4.98 Å². The molecule has 1 atom stereocenters. The van der Waals surface area contributed by atoms with Crippen LogP contribution in [0.25, 0.3) is 0 Å². The van der Waals surface area contributed by atoms with Crippen molar-refractivity contribution >= 4 is 7.85 Å². The lowest BCUT2D eigenvalue weighted by atomic mass is 10.1. The fourth-order valence-electron chi connectivity index (χ4n) is 1.11. The van der Waals surface area contributed by atoms with Crippen molar-refractivity contribution in [2.24, 2.45) is 0 Å². The molecule has 0 radical (unpaired) electrons. The quantitative estimate of drug-likeness (QED) is 0.483. The SMILES string of the molecule is BCCNCC(O)c1cccnc1. The molecular weight excluding hydrogens is 163 g/mol. The van der Waals surface area contributed by atoms with E-state index in [4.69, 9.17) is 0 Å². The predicted molar refractivity (Wildman–Crippen MR) is 55.4 cm³/mol. The molecule has 0 aliphatic carbocycles. The highest BCUT2D eigenvalue weighted by molar-refractivity contribution is 6.08. The summed E-state index contributed by atoms with van der Waals surface area (Å²) in [4.78, 5) is 3.95. The third-order valence-corrected chi connectivity index (χ3v) is 1.83. The third kappa shape index (κ3) is 3.57. The lowest BCUT2D eigenvalue weighted by molar-refractivity contribution is 0.175. The van der Waals surface area contributed by atoms with E-state index >= 15 is 0 Å². The molecule has 4 heteroatoms. The number of hydrogen-bond acceptors (Lipinski definition) is 3. The smallest absolute Gasteiger partial charge is 0.102 e. The molecule has 3 nitrogen and oxygen atoms in total. The van der Waals surface area contributed by atoms with Crippen molar-refractivity contribution in [2.45, 2.75) is 12.4 Å². The molecule has 13 heavy (non-hydrogen) atoms. The molecule has 0 fully saturated rings. The van der Waals surface area contributed by atoms with Crippen LogP contribution in [0.3, 0.4) is 0 Å². The van der Waals surface area contributed by atoms with Crippen molar-refractivity contribution in [2.75, 3.05) is 13.1 Å². The second-order valence-electron chi connectivity index (χ2n) is 3.01. The van der Waals surface area contributed by atoms with Crippen LogP contribution in [0, 0.1) is 0 Å². The zero-order valence-corrected chi connectivity index (χ0v) is 7.90. The van der Waals surface area contributed by atoms with Gasteiger partial charge in [0.15, 0.2) is 0 Å². The van der Waals surface area contributed by atoms with Crippen molar-refractivity contribution in [3.8, 4) is 0 Å². The molecule has 0 bridgehead atoms. The Morgan fingerprint density at radius 1 is 1.62 bits per heavy atom. The molecular formula is C9H15BN2O. The third-order valence-electron chi connectivity index (χ3n) is 1.83. The Labute approximate surface area is 79.6 Å². The van der Waals surface area contributed by atoms with Gasteiger partial charge in [-0.1, -0.05) is 12.4 Å². The monoisotopic (exact) mass is 178 g/mol. The predicted octanol–water partition coefficient (Wildman–Crippen LogP) is -0.244. The molecule has 1 heterocycles. The van der Waals surface area contributed by atoms with Crippen LogP contribution in [0.4, 0.5) is 0 Å². The molecule has 1 unspecified atom stereocenters. The highest BCUT2D eigenvalue weighted by Gasteiger charge is 2.05. The first kappa shape index (κ1) is 10.2. The summed E-state index contributed by atoms with van der Waals surface area (Å²) < 4.78 is 0. The Morgan fingerprint density at radius 2 is 2.46 bits per heavy atom. The Bertz CT molecular complexity index is 230. The van der Waals surface area contributed by atoms with E-state index in [1.54, 1.807) is 12.4 Å². The van der Waals surface area contributed by atoms with Crippen LogP contribution in [-0.2, 0) is 0 Å². The second kappa shape index (κ2) is 5.72. The zero-order valence-electron chi connectivity index (χ0n) is 7.90. The van der Waals surface area contributed by atoms with E-state index in [1.807, 2.05) is 12.1 Å². The van der Waals surface area contributed by atoms with Crippen LogP contribution in [0.5, 0.6) is 0 Å². The van der Waals surface area contributed by atoms with Crippen molar-refractivity contribution in [3.63, 3.8) is 0 Å². The molecule has 0 amide bonds. The summed E-state index contributed by atoms with van der Waals surface area (Å²) in [7, 11) is 2.10. The number of pyridine rings is 1. The molecule has 1 aromatic rings. The van der Waals surface area contributed by atoms with E-state index < -0.39 is 6.10 Å². The molecule has 0 saturated carbocycles. The maximum absolute atomic E-state index is 9.64. The number of aliphatic hydroxyl groups is 1. The van der Waals surface area contributed by atoms with Gasteiger partial charge < -0.3 is 10.4 Å². The number of rotatable bonds is 5. The van der Waals surface area contributed by atoms with E-state index in [1.165, 1.54) is 0 Å². The first-order valence-corrected chi connectivity index (χ1v) is 4.63. The number of nitrogens with zero attached hydrogens (tertiary/aromatic N) is 1. The highest BCUT2D eigenvalue weighted by atomic mass is 16.3. The largest absolute Gasteiger partial charge is 0.387 e. The molecule has 0 saturated heterocycles. The molecule has 1 aromatic heterocycles. The lowest BCUT2D eigenvalue weighted by Gasteiger charge is -2.10. The van der Waals surface area contributed by atoms with Gasteiger partial charge in [-0.25, -0.2) is 0 Å². The molecule has 1 rings (SSSR count). The van der Waals surface area contributed by atoms with Crippen LogP contribution in [0.15, 0.2) is 24.5 Å². The maximum atomic E-state index is 9.64. The summed E-state index contributed by atoms with van der Waals surface area (Å²) in [5.41, 5.74) is 0.867. The van der Waals surface area contributed by atoms with Gasteiger partial charge >= 0.3 is 0 Å². The zero-order chi connectivity index (χ0) is 9.52. The van der Waals surface area contributed by atoms with Crippen molar-refractivity contribution in [1.29, 1.82) is 0 Å². The van der Waals surface area contributed by atoms with Gasteiger partial charge in [0.1, 0.15) is 7.85 Å². The minimum atomic E-state index is -0.444. The minimum absolute atomic E-state index is 0.444. The van der Waals surface area contributed by atoms with E-state index in [0.717, 1.165) is 18.4 Å². The molecule has 0 aliphatic heterocycles. The van der Waals surface area contributed by atoms with Crippen LogP contribution < -0.4 is 5.32 Å². The van der Waals surface area contributed by atoms with E-state index in [2.05, 4.69) is 18.1 Å². The molecule has 0 spiro atoms. The fourth-order valence-corrected chi connectivity index (χ4v) is 1.11. The number of aliphatic hydroxyl groups excluding tert-OH is 1. The van der Waals surface area contributed by atoms with Gasteiger partial charge in [-0.15, -0.1) is 0 Å². The Morgan fingerprint density at radius 3 is 3.08 bits per heavy atom. The van der Waals surface area contributed by atoms with Gasteiger partial charge in [-0.2, -0.15) is 0 Å². The Hall–Kier alpha value is -0.865. The van der Waals surface area contributed by atoms with Crippen LogP contribution >= 0.6 is 0 Å². The first-order chi connectivity index (χ1) is 6.34. The van der Waals surface area contributed by atoms with Gasteiger partial charge in [-0.05, 0) is 12.6 Å². The standard InChI is InChI=1S/C9H15BN2O/c10-3-5-12-7-9(13)8-2-1-4-11-6-8/h1-2,4,6,9,12-13H,3,5,7,10H2. The van der Waals surface area contributed by atoms with Crippen LogP contribution in [0.2, 0.25) is 6.32 Å². The average Bonchev–Trinajstić information content (AvgIpc) is 2.19. The van der Waals surface area contributed by atoms with Crippen molar-refractivity contribution < 1.29 is 5.11 Å². The summed E-state index contributed by atoms with van der Waals surface area (Å²) in [5.74, 6) is 0. The highest BCUT2D eigenvalue weighted by Crippen LogP contribution is 2.08. The minimum Gasteiger partial charge on any atom is -0.387 e. The summed E-state index contributed by atoms with van der Waals surface area (Å²) in [6, 6.07) is 3.71. The number of hydrogen-bond donors (Lipinski definition) is 2. The van der Waals surface area contributed by atoms with E-state index in [0.29, 0.717) is 6.54 Å². The first-order valence-electron chi connectivity index (χ1n) is 4.63. The van der Waals surface area contributed by atoms with Gasteiger partial charge in [0.2, 0.25) is 0 Å². The normalized spacial score (nSPS) is 12.7. The Kier molecular flexibility index (Phi) is 4.50. The summed E-state index contributed by atoms with van der Waals surface area (Å²) in [6.45, 7) is 1.54. The van der Waals surface area contributed by atoms with Gasteiger partial charge in [0.25, 0.3) is 0 Å². The summed E-state index contributed by atoms with van der Waals surface area (Å²) >= 11 is 0. The number of aromatic nitrogens is 1. The van der Waals surface area contributed by atoms with Gasteiger partial charge in [0, 0.05) is 24.5 Å². The van der Waals surface area contributed by atoms with Crippen LogP contribution in [0.1, 0.15) is 11.7 Å². The molecule has 0 aromatic carbocycles. The van der Waals surface area contributed by atoms with Crippen LogP contribution in [-0.4, -0.2) is 31.0 Å².